The fourth-order valence-electron chi connectivity index (χ4n) is 1.92. The van der Waals surface area contributed by atoms with Crippen molar-refractivity contribution in [3.63, 3.8) is 0 Å². The molecular weight excluding hydrogens is 198 g/mol. The first-order chi connectivity index (χ1) is 7.86. The van der Waals surface area contributed by atoms with E-state index in [1.807, 2.05) is 36.4 Å². The number of benzene rings is 2. The normalized spacial score (nSPS) is 10.8. The first-order valence-electron chi connectivity index (χ1n) is 5.17. The second-order valence-corrected chi connectivity index (χ2v) is 3.74. The van der Waals surface area contributed by atoms with E-state index in [-0.39, 0.29) is 0 Å². The van der Waals surface area contributed by atoms with Crippen LogP contribution in [-0.4, -0.2) is 0 Å². The van der Waals surface area contributed by atoms with Crippen LogP contribution in [0.15, 0.2) is 59.2 Å². The summed E-state index contributed by atoms with van der Waals surface area (Å²) in [7, 11) is 0. The Hall–Kier alpha value is -2.22. The number of hydrogen-bond donors (Lipinski definition) is 1. The van der Waals surface area contributed by atoms with Crippen molar-refractivity contribution < 1.29 is 4.42 Å². The number of para-hydroxylation sites is 1. The zero-order valence-corrected chi connectivity index (χ0v) is 8.68. The molecule has 0 bridgehead atoms. The molecule has 0 atom stereocenters. The fraction of sp³-hybridized carbons (Fsp3) is 0. The number of fused-ring (bicyclic) bond motifs is 1. The van der Waals surface area contributed by atoms with E-state index in [9.17, 15) is 0 Å². The Kier molecular flexibility index (Phi) is 1.93. The van der Waals surface area contributed by atoms with Gasteiger partial charge in [-0.3, -0.25) is 0 Å². The van der Waals surface area contributed by atoms with Gasteiger partial charge in [0.15, 0.2) is 5.58 Å². The van der Waals surface area contributed by atoms with Crippen molar-refractivity contribution in [3.05, 3.63) is 54.8 Å². The van der Waals surface area contributed by atoms with E-state index < -0.39 is 0 Å². The lowest BCUT2D eigenvalue weighted by Crippen LogP contribution is -1.83. The summed E-state index contributed by atoms with van der Waals surface area (Å²) >= 11 is 0. The first-order valence-corrected chi connectivity index (χ1v) is 5.17. The van der Waals surface area contributed by atoms with Gasteiger partial charge in [0.05, 0.1) is 12.0 Å². The molecule has 0 unspecified atom stereocenters. The Morgan fingerprint density at radius 2 is 1.69 bits per heavy atom. The van der Waals surface area contributed by atoms with Gasteiger partial charge >= 0.3 is 0 Å². The molecule has 0 spiro atoms. The van der Waals surface area contributed by atoms with Gasteiger partial charge in [0.1, 0.15) is 0 Å². The Bertz CT molecular complexity index is 626. The highest BCUT2D eigenvalue weighted by atomic mass is 16.3. The van der Waals surface area contributed by atoms with E-state index in [4.69, 9.17) is 10.2 Å². The zero-order chi connectivity index (χ0) is 11.0. The average molecular weight is 209 g/mol. The van der Waals surface area contributed by atoms with Crippen molar-refractivity contribution >= 4 is 16.7 Å². The third-order valence-electron chi connectivity index (χ3n) is 2.72. The van der Waals surface area contributed by atoms with Crippen LogP contribution >= 0.6 is 0 Å². The summed E-state index contributed by atoms with van der Waals surface area (Å²) in [6, 6.07) is 16.0. The molecule has 78 valence electrons. The second kappa shape index (κ2) is 3.42. The minimum absolute atomic E-state index is 0.680. The van der Waals surface area contributed by atoms with Crippen LogP contribution in [0, 0.1) is 0 Å². The van der Waals surface area contributed by atoms with Gasteiger partial charge in [-0.15, -0.1) is 0 Å². The minimum atomic E-state index is 0.680. The Labute approximate surface area is 93.3 Å². The van der Waals surface area contributed by atoms with Crippen LogP contribution in [-0.2, 0) is 0 Å². The molecule has 3 aromatic rings. The maximum atomic E-state index is 5.85. The molecule has 0 fully saturated rings. The highest BCUT2D eigenvalue weighted by molar-refractivity contribution is 5.99. The van der Waals surface area contributed by atoms with Gasteiger partial charge in [-0.1, -0.05) is 42.5 Å². The van der Waals surface area contributed by atoms with Crippen LogP contribution in [0.5, 0.6) is 0 Å². The van der Waals surface area contributed by atoms with Gasteiger partial charge in [-0.2, -0.15) is 0 Å². The van der Waals surface area contributed by atoms with E-state index in [1.54, 1.807) is 6.26 Å². The van der Waals surface area contributed by atoms with E-state index in [0.717, 1.165) is 22.1 Å². The van der Waals surface area contributed by atoms with Crippen molar-refractivity contribution in [3.8, 4) is 11.1 Å². The first kappa shape index (κ1) is 9.04. The number of rotatable bonds is 1. The lowest BCUT2D eigenvalue weighted by molar-refractivity contribution is 0.618. The van der Waals surface area contributed by atoms with Crippen molar-refractivity contribution in [2.75, 3.05) is 5.73 Å². The highest BCUT2D eigenvalue weighted by Crippen LogP contribution is 2.32. The van der Waals surface area contributed by atoms with Crippen LogP contribution < -0.4 is 5.73 Å². The van der Waals surface area contributed by atoms with Crippen molar-refractivity contribution in [1.82, 2.24) is 0 Å². The summed E-state index contributed by atoms with van der Waals surface area (Å²) in [5, 5.41) is 1.06. The Balaban J connectivity index is 2.30. The number of furan rings is 1. The largest absolute Gasteiger partial charge is 0.462 e. The van der Waals surface area contributed by atoms with Crippen molar-refractivity contribution in [2.24, 2.45) is 0 Å². The van der Waals surface area contributed by atoms with Crippen molar-refractivity contribution in [1.29, 1.82) is 0 Å². The molecule has 0 aliphatic carbocycles. The quantitative estimate of drug-likeness (QED) is 0.621. The summed E-state index contributed by atoms with van der Waals surface area (Å²) in [4.78, 5) is 0. The molecule has 2 nitrogen and oxygen atoms in total. The Morgan fingerprint density at radius 3 is 2.50 bits per heavy atom. The van der Waals surface area contributed by atoms with Crippen LogP contribution in [0.25, 0.3) is 22.1 Å². The van der Waals surface area contributed by atoms with E-state index in [0.29, 0.717) is 5.69 Å². The highest BCUT2D eigenvalue weighted by Gasteiger charge is 2.08. The van der Waals surface area contributed by atoms with Gasteiger partial charge in [0, 0.05) is 10.9 Å². The van der Waals surface area contributed by atoms with E-state index >= 15 is 0 Å². The van der Waals surface area contributed by atoms with Gasteiger partial charge in [0.2, 0.25) is 0 Å². The van der Waals surface area contributed by atoms with Crippen LogP contribution in [0.3, 0.4) is 0 Å². The van der Waals surface area contributed by atoms with E-state index in [1.165, 1.54) is 0 Å². The molecule has 2 heteroatoms. The molecule has 0 saturated heterocycles. The molecule has 1 aromatic heterocycles. The third kappa shape index (κ3) is 1.27. The third-order valence-corrected chi connectivity index (χ3v) is 2.72. The predicted molar refractivity (Wildman–Crippen MR) is 66.1 cm³/mol. The van der Waals surface area contributed by atoms with Crippen molar-refractivity contribution in [2.45, 2.75) is 0 Å². The molecular formula is C14H11NO. The van der Waals surface area contributed by atoms with Gasteiger partial charge < -0.3 is 10.2 Å². The fourth-order valence-corrected chi connectivity index (χ4v) is 1.92. The number of anilines is 1. The molecule has 1 heterocycles. The lowest BCUT2D eigenvalue weighted by atomic mass is 10.0. The topological polar surface area (TPSA) is 39.2 Å². The number of nitrogens with two attached hydrogens (primary N) is 1. The molecule has 0 saturated carbocycles. The number of nitrogen functional groups attached to an aromatic ring is 1. The average Bonchev–Trinajstić information content (AvgIpc) is 2.75. The summed E-state index contributed by atoms with van der Waals surface area (Å²) < 4.78 is 5.51. The predicted octanol–water partition coefficient (Wildman–Crippen LogP) is 3.68. The van der Waals surface area contributed by atoms with Crippen LogP contribution in [0.1, 0.15) is 0 Å². The summed E-state index contributed by atoms with van der Waals surface area (Å²) in [5.41, 5.74) is 9.53. The van der Waals surface area contributed by atoms with Crippen LogP contribution in [0.4, 0.5) is 5.69 Å². The number of hydrogen-bond acceptors (Lipinski definition) is 2. The standard InChI is InChI=1S/C14H11NO/c15-13-8-4-7-11-12(9-16-14(11)13)10-5-2-1-3-6-10/h1-9H,15H2. The molecule has 0 aliphatic heterocycles. The smallest absolute Gasteiger partial charge is 0.157 e. The second-order valence-electron chi connectivity index (χ2n) is 3.74. The maximum Gasteiger partial charge on any atom is 0.157 e. The SMILES string of the molecule is Nc1cccc2c(-c3ccccc3)coc12. The van der Waals surface area contributed by atoms with Gasteiger partial charge in [0.25, 0.3) is 0 Å². The molecule has 0 amide bonds. The summed E-state index contributed by atoms with van der Waals surface area (Å²) in [5.74, 6) is 0. The molecule has 0 aliphatic rings. The van der Waals surface area contributed by atoms with Gasteiger partial charge in [-0.25, -0.2) is 0 Å². The monoisotopic (exact) mass is 209 g/mol. The summed E-state index contributed by atoms with van der Waals surface area (Å²) in [6.07, 6.45) is 1.76. The molecule has 2 N–H and O–H groups in total. The maximum absolute atomic E-state index is 5.85. The van der Waals surface area contributed by atoms with E-state index in [2.05, 4.69) is 12.1 Å². The lowest BCUT2D eigenvalue weighted by Gasteiger charge is -1.98. The summed E-state index contributed by atoms with van der Waals surface area (Å²) in [6.45, 7) is 0. The Morgan fingerprint density at radius 1 is 0.875 bits per heavy atom. The minimum Gasteiger partial charge on any atom is -0.462 e. The van der Waals surface area contributed by atoms with Gasteiger partial charge in [-0.05, 0) is 11.6 Å². The zero-order valence-electron chi connectivity index (χ0n) is 8.68. The van der Waals surface area contributed by atoms with Crippen LogP contribution in [0.2, 0.25) is 0 Å². The molecule has 16 heavy (non-hydrogen) atoms. The molecule has 0 radical (unpaired) electrons. The molecule has 3 rings (SSSR count). The molecule has 2 aromatic carbocycles.